The predicted molar refractivity (Wildman–Crippen MR) is 55.9 cm³/mol. The van der Waals surface area contributed by atoms with Crippen molar-refractivity contribution in [1.29, 1.82) is 0 Å². The van der Waals surface area contributed by atoms with Crippen molar-refractivity contribution in [3.63, 3.8) is 0 Å². The van der Waals surface area contributed by atoms with Gasteiger partial charge >= 0.3 is 6.09 Å². The zero-order valence-electron chi connectivity index (χ0n) is 8.29. The van der Waals surface area contributed by atoms with Crippen LogP contribution in [0.2, 0.25) is 0 Å². The minimum absolute atomic E-state index is 0.133. The Morgan fingerprint density at radius 1 is 1.71 bits per heavy atom. The normalized spacial score (nSPS) is 26.1. The second kappa shape index (κ2) is 4.05. The highest BCUT2D eigenvalue weighted by molar-refractivity contribution is 6.29. The van der Waals surface area contributed by atoms with Gasteiger partial charge in [-0.15, -0.1) is 0 Å². The average molecular weight is 216 g/mol. The Morgan fingerprint density at radius 3 is 2.79 bits per heavy atom. The minimum atomic E-state index is -0.769. The molecule has 0 aliphatic heterocycles. The molecule has 3 nitrogen and oxygen atoms in total. The van der Waals surface area contributed by atoms with Gasteiger partial charge in [-0.3, -0.25) is 0 Å². The van der Waals surface area contributed by atoms with Crippen LogP contribution in [0.5, 0.6) is 0 Å². The van der Waals surface area contributed by atoms with Crippen LogP contribution in [0, 0.1) is 5.92 Å². The Kier molecular flexibility index (Phi) is 3.21. The first-order chi connectivity index (χ1) is 6.46. The minimum Gasteiger partial charge on any atom is -0.438 e. The number of amides is 1. The van der Waals surface area contributed by atoms with E-state index in [1.807, 2.05) is 19.9 Å². The maximum absolute atomic E-state index is 10.8. The number of rotatable bonds is 2. The van der Waals surface area contributed by atoms with Crippen molar-refractivity contribution in [1.82, 2.24) is 0 Å². The lowest BCUT2D eigenvalue weighted by Crippen LogP contribution is -2.41. The Morgan fingerprint density at radius 2 is 2.36 bits per heavy atom. The van der Waals surface area contributed by atoms with Gasteiger partial charge in [-0.25, -0.2) is 4.79 Å². The van der Waals surface area contributed by atoms with Crippen LogP contribution in [-0.4, -0.2) is 11.7 Å². The average Bonchev–Trinajstić information content (AvgIpc) is 2.02. The fourth-order valence-corrected chi connectivity index (χ4v) is 1.75. The second-order valence-electron chi connectivity index (χ2n) is 3.68. The molecule has 0 saturated heterocycles. The van der Waals surface area contributed by atoms with Gasteiger partial charge in [0.25, 0.3) is 0 Å². The zero-order chi connectivity index (χ0) is 10.8. The van der Waals surface area contributed by atoms with Gasteiger partial charge in [0.1, 0.15) is 5.60 Å². The summed E-state index contributed by atoms with van der Waals surface area (Å²) in [6.45, 7) is 3.92. The van der Waals surface area contributed by atoms with Crippen LogP contribution < -0.4 is 5.73 Å². The molecule has 0 bridgehead atoms. The third-order valence-corrected chi connectivity index (χ3v) is 2.63. The molecule has 1 aliphatic rings. The first-order valence-corrected chi connectivity index (χ1v) is 4.86. The lowest BCUT2D eigenvalue weighted by molar-refractivity contribution is 0.0198. The molecule has 1 aliphatic carbocycles. The molecule has 0 fully saturated rings. The maximum Gasteiger partial charge on any atom is 0.405 e. The summed E-state index contributed by atoms with van der Waals surface area (Å²) >= 11 is 5.91. The monoisotopic (exact) mass is 215 g/mol. The smallest absolute Gasteiger partial charge is 0.405 e. The van der Waals surface area contributed by atoms with Crippen LogP contribution in [0.15, 0.2) is 23.3 Å². The van der Waals surface area contributed by atoms with Crippen molar-refractivity contribution in [3.8, 4) is 0 Å². The first-order valence-electron chi connectivity index (χ1n) is 4.48. The van der Waals surface area contributed by atoms with Crippen LogP contribution in [0.1, 0.15) is 20.3 Å². The number of nitrogens with two attached hydrogens (primary N) is 1. The highest BCUT2D eigenvalue weighted by Crippen LogP contribution is 2.35. The molecule has 78 valence electrons. The SMILES string of the molecule is CC(C)C1(OC(N)=O)C=CC=C(Cl)C1. The molecule has 0 heterocycles. The summed E-state index contributed by atoms with van der Waals surface area (Å²) in [4.78, 5) is 10.8. The van der Waals surface area contributed by atoms with E-state index in [1.54, 1.807) is 12.2 Å². The van der Waals surface area contributed by atoms with E-state index in [4.69, 9.17) is 22.1 Å². The molecule has 14 heavy (non-hydrogen) atoms. The van der Waals surface area contributed by atoms with E-state index in [1.165, 1.54) is 0 Å². The van der Waals surface area contributed by atoms with E-state index < -0.39 is 11.7 Å². The molecule has 4 heteroatoms. The number of hydrogen-bond donors (Lipinski definition) is 1. The number of halogens is 1. The molecule has 1 rings (SSSR count). The molecule has 1 unspecified atom stereocenters. The predicted octanol–water partition coefficient (Wildman–Crippen LogP) is 2.56. The molecular weight excluding hydrogens is 202 g/mol. The number of carbonyl (C=O) groups is 1. The van der Waals surface area contributed by atoms with Crippen LogP contribution >= 0.6 is 11.6 Å². The molecule has 0 saturated carbocycles. The molecule has 0 aromatic rings. The molecular formula is C10H14ClNO2. The van der Waals surface area contributed by atoms with Gasteiger partial charge in [0.05, 0.1) is 0 Å². The van der Waals surface area contributed by atoms with E-state index in [-0.39, 0.29) is 5.92 Å². The first kappa shape index (κ1) is 11.1. The number of primary amides is 1. The van der Waals surface area contributed by atoms with Crippen molar-refractivity contribution >= 4 is 17.7 Å². The number of carbonyl (C=O) groups excluding carboxylic acids is 1. The second-order valence-corrected chi connectivity index (χ2v) is 4.17. The fourth-order valence-electron chi connectivity index (χ4n) is 1.47. The fraction of sp³-hybridized carbons (Fsp3) is 0.500. The number of ether oxygens (including phenoxy) is 1. The molecule has 0 radical (unpaired) electrons. The summed E-state index contributed by atoms with van der Waals surface area (Å²) in [7, 11) is 0. The topological polar surface area (TPSA) is 52.3 Å². The Balaban J connectivity index is 2.90. The van der Waals surface area contributed by atoms with Crippen molar-refractivity contribution in [2.24, 2.45) is 11.7 Å². The van der Waals surface area contributed by atoms with Gasteiger partial charge in [0.15, 0.2) is 0 Å². The summed E-state index contributed by atoms with van der Waals surface area (Å²) in [6.07, 6.45) is 5.12. The van der Waals surface area contributed by atoms with Gasteiger partial charge in [-0.1, -0.05) is 31.5 Å². The van der Waals surface area contributed by atoms with Gasteiger partial charge in [-0.05, 0) is 18.1 Å². The highest BCUT2D eigenvalue weighted by Gasteiger charge is 2.36. The van der Waals surface area contributed by atoms with Crippen LogP contribution in [0.3, 0.4) is 0 Å². The summed E-state index contributed by atoms with van der Waals surface area (Å²) in [5.74, 6) is 0.133. The standard InChI is InChI=1S/C10H14ClNO2/c1-7(2)10(14-9(12)13)5-3-4-8(11)6-10/h3-5,7H,6H2,1-2H3,(H2,12,13). The van der Waals surface area contributed by atoms with E-state index in [9.17, 15) is 4.79 Å². The van der Waals surface area contributed by atoms with Gasteiger partial charge in [0.2, 0.25) is 0 Å². The quantitative estimate of drug-likeness (QED) is 0.770. The molecule has 1 atom stereocenters. The summed E-state index contributed by atoms with van der Waals surface area (Å²) in [5, 5.41) is 0.669. The van der Waals surface area contributed by atoms with E-state index >= 15 is 0 Å². The van der Waals surface area contributed by atoms with Gasteiger partial charge in [0, 0.05) is 11.5 Å². The molecule has 1 amide bonds. The summed E-state index contributed by atoms with van der Waals surface area (Å²) in [5.41, 5.74) is 4.35. The molecule has 0 aromatic heterocycles. The van der Waals surface area contributed by atoms with Crippen molar-refractivity contribution in [2.75, 3.05) is 0 Å². The van der Waals surface area contributed by atoms with E-state index in [0.29, 0.717) is 11.5 Å². The largest absolute Gasteiger partial charge is 0.438 e. The highest BCUT2D eigenvalue weighted by atomic mass is 35.5. The Labute approximate surface area is 88.6 Å². The Bertz CT molecular complexity index is 292. The van der Waals surface area contributed by atoms with Crippen LogP contribution in [-0.2, 0) is 4.74 Å². The number of allylic oxidation sites excluding steroid dienone is 2. The number of hydrogen-bond acceptors (Lipinski definition) is 2. The summed E-state index contributed by atoms with van der Waals surface area (Å²) in [6, 6.07) is 0. The van der Waals surface area contributed by atoms with Crippen LogP contribution in [0.25, 0.3) is 0 Å². The van der Waals surface area contributed by atoms with E-state index in [2.05, 4.69) is 0 Å². The van der Waals surface area contributed by atoms with Crippen molar-refractivity contribution in [2.45, 2.75) is 25.9 Å². The molecule has 0 aromatic carbocycles. The van der Waals surface area contributed by atoms with Gasteiger partial charge in [-0.2, -0.15) is 0 Å². The maximum atomic E-state index is 10.8. The van der Waals surface area contributed by atoms with Crippen molar-refractivity contribution < 1.29 is 9.53 Å². The summed E-state index contributed by atoms with van der Waals surface area (Å²) < 4.78 is 5.14. The van der Waals surface area contributed by atoms with E-state index in [0.717, 1.165) is 0 Å². The van der Waals surface area contributed by atoms with Gasteiger partial charge < -0.3 is 10.5 Å². The third-order valence-electron chi connectivity index (χ3n) is 2.37. The lowest BCUT2D eigenvalue weighted by Gasteiger charge is -2.35. The van der Waals surface area contributed by atoms with Crippen LogP contribution in [0.4, 0.5) is 4.79 Å². The lowest BCUT2D eigenvalue weighted by atomic mass is 9.84. The zero-order valence-corrected chi connectivity index (χ0v) is 9.04. The third kappa shape index (κ3) is 2.29. The molecule has 2 N–H and O–H groups in total. The van der Waals surface area contributed by atoms with Crippen molar-refractivity contribution in [3.05, 3.63) is 23.3 Å². The Hall–Kier alpha value is -0.960. The molecule has 0 spiro atoms.